The Morgan fingerprint density at radius 2 is 2.15 bits per heavy atom. The van der Waals surface area contributed by atoms with E-state index in [-0.39, 0.29) is 0 Å². The van der Waals surface area contributed by atoms with E-state index in [4.69, 9.17) is 15.2 Å². The van der Waals surface area contributed by atoms with Gasteiger partial charge in [-0.1, -0.05) is 0 Å². The molecule has 1 aliphatic rings. The predicted octanol–water partition coefficient (Wildman–Crippen LogP) is 1.15. The molecule has 0 saturated carbocycles. The van der Waals surface area contributed by atoms with Crippen LogP contribution in [0.25, 0.3) is 5.69 Å². The Morgan fingerprint density at radius 1 is 1.40 bits per heavy atom. The highest BCUT2D eigenvalue weighted by Gasteiger charge is 2.21. The van der Waals surface area contributed by atoms with Crippen LogP contribution in [0, 0.1) is 0 Å². The molecule has 0 amide bonds. The monoisotopic (exact) mass is 273 g/mol. The van der Waals surface area contributed by atoms with Crippen LogP contribution in [0.3, 0.4) is 0 Å². The number of nitrogens with zero attached hydrogens (tertiary/aromatic N) is 2. The zero-order chi connectivity index (χ0) is 14.1. The highest BCUT2D eigenvalue weighted by molar-refractivity contribution is 5.53. The molecule has 0 radical (unpaired) electrons. The van der Waals surface area contributed by atoms with Crippen molar-refractivity contribution in [2.45, 2.75) is 13.3 Å². The van der Waals surface area contributed by atoms with Gasteiger partial charge in [0.1, 0.15) is 11.6 Å². The standard InChI is InChI=1S/C14H15N3O3/c1-2-19-10-5-3-9(4-6-10)17-12(15)11-7-8-20-13(11)16-14(17)18/h3-6H,2,7-8,15H2,1H3. The van der Waals surface area contributed by atoms with Crippen molar-refractivity contribution in [3.05, 3.63) is 40.3 Å². The second-order valence-corrected chi connectivity index (χ2v) is 4.42. The molecular weight excluding hydrogens is 258 g/mol. The van der Waals surface area contributed by atoms with Crippen LogP contribution in [0.5, 0.6) is 11.6 Å². The van der Waals surface area contributed by atoms with Crippen LogP contribution in [0.15, 0.2) is 29.1 Å². The summed E-state index contributed by atoms with van der Waals surface area (Å²) in [5.74, 6) is 1.50. The third-order valence-corrected chi connectivity index (χ3v) is 3.19. The van der Waals surface area contributed by atoms with Crippen molar-refractivity contribution in [1.29, 1.82) is 0 Å². The quantitative estimate of drug-likeness (QED) is 0.907. The minimum Gasteiger partial charge on any atom is -0.494 e. The molecule has 0 aliphatic carbocycles. The van der Waals surface area contributed by atoms with Gasteiger partial charge in [-0.25, -0.2) is 9.36 Å². The topological polar surface area (TPSA) is 79.4 Å². The lowest BCUT2D eigenvalue weighted by atomic mass is 10.2. The Morgan fingerprint density at radius 3 is 2.85 bits per heavy atom. The summed E-state index contributed by atoms with van der Waals surface area (Å²) in [7, 11) is 0. The first kappa shape index (κ1) is 12.5. The summed E-state index contributed by atoms with van der Waals surface area (Å²) < 4.78 is 12.0. The molecule has 6 nitrogen and oxygen atoms in total. The van der Waals surface area contributed by atoms with Gasteiger partial charge in [0, 0.05) is 6.42 Å². The van der Waals surface area contributed by atoms with E-state index in [0.29, 0.717) is 37.0 Å². The van der Waals surface area contributed by atoms with Crippen molar-refractivity contribution in [2.24, 2.45) is 0 Å². The van der Waals surface area contributed by atoms with Gasteiger partial charge in [-0.2, -0.15) is 4.98 Å². The smallest absolute Gasteiger partial charge is 0.357 e. The highest BCUT2D eigenvalue weighted by atomic mass is 16.5. The van der Waals surface area contributed by atoms with E-state index in [0.717, 1.165) is 11.3 Å². The van der Waals surface area contributed by atoms with E-state index in [1.54, 1.807) is 24.3 Å². The van der Waals surface area contributed by atoms with E-state index in [1.807, 2.05) is 6.92 Å². The number of nitrogens with two attached hydrogens (primary N) is 1. The predicted molar refractivity (Wildman–Crippen MR) is 74.6 cm³/mol. The fourth-order valence-electron chi connectivity index (χ4n) is 2.26. The van der Waals surface area contributed by atoms with Gasteiger partial charge < -0.3 is 15.2 Å². The van der Waals surface area contributed by atoms with E-state index >= 15 is 0 Å². The molecule has 2 heterocycles. The fourth-order valence-corrected chi connectivity index (χ4v) is 2.26. The maximum absolute atomic E-state index is 12.1. The molecular formula is C14H15N3O3. The molecule has 104 valence electrons. The number of nitrogen functional groups attached to an aromatic ring is 1. The van der Waals surface area contributed by atoms with E-state index in [9.17, 15) is 4.79 Å². The Kier molecular flexibility index (Phi) is 3.06. The molecule has 0 atom stereocenters. The molecule has 2 aromatic rings. The summed E-state index contributed by atoms with van der Waals surface area (Å²) >= 11 is 0. The van der Waals surface area contributed by atoms with Crippen molar-refractivity contribution in [1.82, 2.24) is 9.55 Å². The Bertz CT molecular complexity index is 692. The number of ether oxygens (including phenoxy) is 2. The fraction of sp³-hybridized carbons (Fsp3) is 0.286. The van der Waals surface area contributed by atoms with Crippen molar-refractivity contribution < 1.29 is 9.47 Å². The van der Waals surface area contributed by atoms with Crippen LogP contribution < -0.4 is 20.9 Å². The van der Waals surface area contributed by atoms with Gasteiger partial charge in [0.15, 0.2) is 0 Å². The first-order chi connectivity index (χ1) is 9.70. The van der Waals surface area contributed by atoms with Gasteiger partial charge in [-0.3, -0.25) is 0 Å². The maximum atomic E-state index is 12.1. The van der Waals surface area contributed by atoms with Gasteiger partial charge in [-0.15, -0.1) is 0 Å². The number of hydrogen-bond acceptors (Lipinski definition) is 5. The van der Waals surface area contributed by atoms with E-state index in [1.165, 1.54) is 4.57 Å². The summed E-state index contributed by atoms with van der Waals surface area (Å²) in [5.41, 5.74) is 7.09. The summed E-state index contributed by atoms with van der Waals surface area (Å²) in [6.45, 7) is 3.03. The second-order valence-electron chi connectivity index (χ2n) is 4.42. The molecule has 20 heavy (non-hydrogen) atoms. The van der Waals surface area contributed by atoms with Gasteiger partial charge in [0.25, 0.3) is 0 Å². The lowest BCUT2D eigenvalue weighted by molar-refractivity contribution is 0.340. The molecule has 0 saturated heterocycles. The van der Waals surface area contributed by atoms with Crippen molar-refractivity contribution in [3.8, 4) is 17.3 Å². The summed E-state index contributed by atoms with van der Waals surface area (Å²) in [6, 6.07) is 7.17. The molecule has 0 fully saturated rings. The van der Waals surface area contributed by atoms with Gasteiger partial charge in [0.05, 0.1) is 24.5 Å². The van der Waals surface area contributed by atoms with Crippen LogP contribution in [-0.4, -0.2) is 22.8 Å². The minimum absolute atomic E-state index is 0.356. The first-order valence-corrected chi connectivity index (χ1v) is 6.48. The Labute approximate surface area is 115 Å². The molecule has 1 aromatic carbocycles. The third kappa shape index (κ3) is 1.99. The highest BCUT2D eigenvalue weighted by Crippen LogP contribution is 2.27. The van der Waals surface area contributed by atoms with Crippen LogP contribution in [-0.2, 0) is 6.42 Å². The first-order valence-electron chi connectivity index (χ1n) is 6.48. The van der Waals surface area contributed by atoms with Gasteiger partial charge in [-0.05, 0) is 31.2 Å². The molecule has 1 aliphatic heterocycles. The average molecular weight is 273 g/mol. The summed E-state index contributed by atoms with van der Waals surface area (Å²) in [5, 5.41) is 0. The molecule has 2 N–H and O–H groups in total. The lowest BCUT2D eigenvalue weighted by Crippen LogP contribution is -2.25. The number of aromatic nitrogens is 2. The van der Waals surface area contributed by atoms with Gasteiger partial charge >= 0.3 is 5.69 Å². The van der Waals surface area contributed by atoms with Gasteiger partial charge in [0.2, 0.25) is 5.88 Å². The Balaban J connectivity index is 2.08. The lowest BCUT2D eigenvalue weighted by Gasteiger charge is -2.12. The number of fused-ring (bicyclic) bond motifs is 1. The zero-order valence-electron chi connectivity index (χ0n) is 11.1. The Hall–Kier alpha value is -2.50. The third-order valence-electron chi connectivity index (χ3n) is 3.19. The van der Waals surface area contributed by atoms with E-state index < -0.39 is 5.69 Å². The maximum Gasteiger partial charge on any atom is 0.357 e. The molecule has 3 rings (SSSR count). The van der Waals surface area contributed by atoms with Crippen LogP contribution in [0.4, 0.5) is 5.82 Å². The van der Waals surface area contributed by atoms with Crippen LogP contribution in [0.1, 0.15) is 12.5 Å². The van der Waals surface area contributed by atoms with Crippen LogP contribution >= 0.6 is 0 Å². The molecule has 0 spiro atoms. The van der Waals surface area contributed by atoms with Crippen molar-refractivity contribution in [3.63, 3.8) is 0 Å². The summed E-state index contributed by atoms with van der Waals surface area (Å²) in [4.78, 5) is 16.0. The number of rotatable bonds is 3. The summed E-state index contributed by atoms with van der Waals surface area (Å²) in [6.07, 6.45) is 0.672. The molecule has 6 heteroatoms. The zero-order valence-corrected chi connectivity index (χ0v) is 11.1. The number of hydrogen-bond donors (Lipinski definition) is 1. The molecule has 0 bridgehead atoms. The average Bonchev–Trinajstić information content (AvgIpc) is 2.89. The van der Waals surface area contributed by atoms with Crippen LogP contribution in [0.2, 0.25) is 0 Å². The minimum atomic E-state index is -0.438. The van der Waals surface area contributed by atoms with Crippen molar-refractivity contribution in [2.75, 3.05) is 18.9 Å². The van der Waals surface area contributed by atoms with E-state index in [2.05, 4.69) is 4.98 Å². The number of benzene rings is 1. The molecule has 0 unspecified atom stereocenters. The largest absolute Gasteiger partial charge is 0.494 e. The normalized spacial score (nSPS) is 12.8. The molecule has 1 aromatic heterocycles. The number of anilines is 1. The second kappa shape index (κ2) is 4.88. The SMILES string of the molecule is CCOc1ccc(-n2c(N)c3c(nc2=O)OCC3)cc1. The van der Waals surface area contributed by atoms with Crippen molar-refractivity contribution >= 4 is 5.82 Å².